The number of sulfonamides is 1. The summed E-state index contributed by atoms with van der Waals surface area (Å²) in [7, 11) is -4.25. The minimum Gasteiger partial charge on any atom is -0.480 e. The van der Waals surface area contributed by atoms with E-state index in [0.717, 1.165) is 21.0 Å². The van der Waals surface area contributed by atoms with E-state index in [1.165, 1.54) is 12.1 Å². The summed E-state index contributed by atoms with van der Waals surface area (Å²) < 4.78 is 28.7. The van der Waals surface area contributed by atoms with Crippen LogP contribution in [0.3, 0.4) is 0 Å². The molecule has 0 radical (unpaired) electrons. The molecule has 1 aliphatic rings. The van der Waals surface area contributed by atoms with Crippen LogP contribution in [0.25, 0.3) is 11.1 Å². The van der Waals surface area contributed by atoms with Crippen molar-refractivity contribution in [3.05, 3.63) is 95.3 Å². The monoisotopic (exact) mass is 509 g/mol. The minimum atomic E-state index is -4.25. The highest BCUT2D eigenvalue weighted by atomic mass is 35.5. The van der Waals surface area contributed by atoms with Crippen molar-refractivity contribution in [3.63, 3.8) is 0 Å². The van der Waals surface area contributed by atoms with Crippen LogP contribution in [0.2, 0.25) is 5.02 Å². The molecule has 0 bridgehead atoms. The fourth-order valence-electron chi connectivity index (χ4n) is 4.36. The normalized spacial score (nSPS) is 19.5. The number of aromatic amines is 1. The van der Waals surface area contributed by atoms with Gasteiger partial charge in [0.25, 0.3) is 0 Å². The summed E-state index contributed by atoms with van der Waals surface area (Å²) in [6.07, 6.45) is 0.131. The van der Waals surface area contributed by atoms with Crippen LogP contribution in [0.15, 0.2) is 83.8 Å². The summed E-state index contributed by atoms with van der Waals surface area (Å²) in [5.74, 6) is -1.67. The van der Waals surface area contributed by atoms with Gasteiger partial charge in [-0.3, -0.25) is 4.79 Å². The van der Waals surface area contributed by atoms with Crippen molar-refractivity contribution in [2.75, 3.05) is 0 Å². The van der Waals surface area contributed by atoms with Crippen LogP contribution < -0.4 is 0 Å². The third kappa shape index (κ3) is 4.20. The molecule has 0 saturated heterocycles. The van der Waals surface area contributed by atoms with E-state index < -0.39 is 27.4 Å². The van der Waals surface area contributed by atoms with E-state index in [0.29, 0.717) is 5.02 Å². The second kappa shape index (κ2) is 8.88. The number of carboxylic acids is 1. The molecule has 9 nitrogen and oxygen atoms in total. The maximum Gasteiger partial charge on any atom is 0.325 e. The second-order valence-electron chi connectivity index (χ2n) is 8.27. The van der Waals surface area contributed by atoms with Gasteiger partial charge in [0.2, 0.25) is 10.0 Å². The lowest BCUT2D eigenvalue weighted by atomic mass is 10.1. The van der Waals surface area contributed by atoms with Gasteiger partial charge in [0, 0.05) is 10.9 Å². The number of nitrogens with one attached hydrogen (secondary N) is 1. The summed E-state index contributed by atoms with van der Waals surface area (Å²) in [4.78, 5) is 12.6. The van der Waals surface area contributed by atoms with Gasteiger partial charge >= 0.3 is 5.97 Å². The molecular weight excluding hydrogens is 490 g/mol. The Kier molecular flexibility index (Phi) is 5.87. The van der Waals surface area contributed by atoms with Crippen molar-refractivity contribution in [1.29, 1.82) is 0 Å². The van der Waals surface area contributed by atoms with Crippen LogP contribution in [0.1, 0.15) is 23.7 Å². The first-order valence-electron chi connectivity index (χ1n) is 10.7. The van der Waals surface area contributed by atoms with Crippen molar-refractivity contribution in [2.24, 2.45) is 0 Å². The summed E-state index contributed by atoms with van der Waals surface area (Å²) in [5.41, 5.74) is 0.749. The quantitative estimate of drug-likeness (QED) is 0.370. The van der Waals surface area contributed by atoms with Gasteiger partial charge in [0.15, 0.2) is 5.82 Å². The standard InChI is InChI=1S/C24H20ClN5O4S/c25-19-10-6-16(7-11-19)17-8-12-20(13-9-17)35(33,34)30(15-22-26-28-29-27-22)24(23(31)32)14-21(24)18-4-2-1-3-5-18/h1-13,21H,14-15H2,(H,31,32)(H,26,27,28,29). The number of halogens is 1. The fraction of sp³-hybridized carbons (Fsp3) is 0.167. The fourth-order valence-corrected chi connectivity index (χ4v) is 6.21. The number of aliphatic carboxylic acids is 1. The molecule has 35 heavy (non-hydrogen) atoms. The van der Waals surface area contributed by atoms with E-state index in [4.69, 9.17) is 11.6 Å². The molecule has 1 fully saturated rings. The number of aromatic nitrogens is 4. The smallest absolute Gasteiger partial charge is 0.325 e. The Morgan fingerprint density at radius 2 is 1.66 bits per heavy atom. The lowest BCUT2D eigenvalue weighted by Gasteiger charge is -2.28. The third-order valence-corrected chi connectivity index (χ3v) is 8.40. The molecule has 5 rings (SSSR count). The Hall–Kier alpha value is -3.60. The summed E-state index contributed by atoms with van der Waals surface area (Å²) >= 11 is 5.96. The zero-order chi connectivity index (χ0) is 24.6. The number of hydrogen-bond acceptors (Lipinski definition) is 6. The highest BCUT2D eigenvalue weighted by Gasteiger charge is 2.68. The molecule has 178 valence electrons. The Balaban J connectivity index is 1.55. The first-order chi connectivity index (χ1) is 16.8. The number of carboxylic acid groups (broad SMARTS) is 1. The summed E-state index contributed by atoms with van der Waals surface area (Å²) in [6.45, 7) is -0.340. The van der Waals surface area contributed by atoms with Gasteiger partial charge in [-0.25, -0.2) is 8.42 Å². The van der Waals surface area contributed by atoms with Gasteiger partial charge in [-0.05, 0) is 47.4 Å². The second-order valence-corrected chi connectivity index (χ2v) is 10.6. The van der Waals surface area contributed by atoms with E-state index >= 15 is 0 Å². The molecule has 11 heteroatoms. The van der Waals surface area contributed by atoms with Crippen molar-refractivity contribution >= 4 is 27.6 Å². The van der Waals surface area contributed by atoms with Crippen LogP contribution >= 0.6 is 11.6 Å². The first-order valence-corrected chi connectivity index (χ1v) is 12.5. The predicted octanol–water partition coefficient (Wildman–Crippen LogP) is 3.72. The highest BCUT2D eigenvalue weighted by Crippen LogP contribution is 2.57. The molecule has 0 spiro atoms. The molecule has 2 N–H and O–H groups in total. The van der Waals surface area contributed by atoms with Crippen LogP contribution in [0.5, 0.6) is 0 Å². The lowest BCUT2D eigenvalue weighted by molar-refractivity contribution is -0.143. The Morgan fingerprint density at radius 3 is 2.23 bits per heavy atom. The number of H-pyrrole nitrogens is 1. The van der Waals surface area contributed by atoms with Crippen LogP contribution in [0, 0.1) is 0 Å². The molecule has 0 aliphatic heterocycles. The number of tetrazole rings is 1. The lowest BCUT2D eigenvalue weighted by Crippen LogP contribution is -2.48. The zero-order valence-corrected chi connectivity index (χ0v) is 19.8. The van der Waals surface area contributed by atoms with E-state index in [1.54, 1.807) is 48.5 Å². The third-order valence-electron chi connectivity index (χ3n) is 6.24. The van der Waals surface area contributed by atoms with E-state index in [1.807, 2.05) is 18.2 Å². The first kappa shape index (κ1) is 23.2. The molecular formula is C24H20ClN5O4S. The van der Waals surface area contributed by atoms with Crippen molar-refractivity contribution in [1.82, 2.24) is 24.9 Å². The molecule has 3 aromatic carbocycles. The van der Waals surface area contributed by atoms with Crippen molar-refractivity contribution < 1.29 is 18.3 Å². The van der Waals surface area contributed by atoms with Crippen LogP contribution in [-0.2, 0) is 21.4 Å². The molecule has 1 heterocycles. The Bertz CT molecular complexity index is 1450. The molecule has 2 atom stereocenters. The predicted molar refractivity (Wildman–Crippen MR) is 128 cm³/mol. The van der Waals surface area contributed by atoms with Crippen molar-refractivity contribution in [3.8, 4) is 11.1 Å². The van der Waals surface area contributed by atoms with Gasteiger partial charge in [-0.2, -0.15) is 9.52 Å². The van der Waals surface area contributed by atoms with Gasteiger partial charge in [-0.1, -0.05) is 71.4 Å². The van der Waals surface area contributed by atoms with Crippen LogP contribution in [-0.4, -0.2) is 50.0 Å². The average Bonchev–Trinajstić information content (AvgIpc) is 3.41. The SMILES string of the molecule is O=C(O)C1(N(Cc2nn[nH]n2)S(=O)(=O)c2ccc(-c3ccc(Cl)cc3)cc2)CC1c1ccccc1. The summed E-state index contributed by atoms with van der Waals surface area (Å²) in [6, 6.07) is 22.5. The maximum absolute atomic E-state index is 13.9. The zero-order valence-electron chi connectivity index (χ0n) is 18.2. The molecule has 1 aliphatic carbocycles. The molecule has 1 aromatic heterocycles. The van der Waals surface area contributed by atoms with E-state index in [9.17, 15) is 18.3 Å². The largest absolute Gasteiger partial charge is 0.480 e. The van der Waals surface area contributed by atoms with Crippen LogP contribution in [0.4, 0.5) is 0 Å². The van der Waals surface area contributed by atoms with Crippen molar-refractivity contribution in [2.45, 2.75) is 29.3 Å². The molecule has 0 amide bonds. The Morgan fingerprint density at radius 1 is 1.03 bits per heavy atom. The number of hydrogen-bond donors (Lipinski definition) is 2. The minimum absolute atomic E-state index is 0.0296. The molecule has 2 unspecified atom stereocenters. The number of rotatable bonds is 8. The van der Waals surface area contributed by atoms with Gasteiger partial charge < -0.3 is 5.11 Å². The number of nitrogens with zero attached hydrogens (tertiary/aromatic N) is 4. The van der Waals surface area contributed by atoms with Gasteiger partial charge in [-0.15, -0.1) is 10.2 Å². The topological polar surface area (TPSA) is 129 Å². The number of benzene rings is 3. The molecule has 4 aromatic rings. The van der Waals surface area contributed by atoms with E-state index in [-0.39, 0.29) is 23.7 Å². The summed E-state index contributed by atoms with van der Waals surface area (Å²) in [5, 5.41) is 24.4. The maximum atomic E-state index is 13.9. The van der Waals surface area contributed by atoms with Gasteiger partial charge in [0.1, 0.15) is 5.54 Å². The Labute approximate surface area is 206 Å². The number of carbonyl (C=O) groups is 1. The average molecular weight is 510 g/mol. The van der Waals surface area contributed by atoms with E-state index in [2.05, 4.69) is 20.6 Å². The highest BCUT2D eigenvalue weighted by molar-refractivity contribution is 7.89. The van der Waals surface area contributed by atoms with Gasteiger partial charge in [0.05, 0.1) is 11.4 Å². The molecule has 1 saturated carbocycles.